The van der Waals surface area contributed by atoms with Gasteiger partial charge in [0.2, 0.25) is 0 Å². The molecule has 0 spiro atoms. The fourth-order valence-corrected chi connectivity index (χ4v) is 3.90. The second kappa shape index (κ2) is 10.2. The smallest absolute Gasteiger partial charge is 0.341 e. The number of thiophene rings is 1. The second-order valence-electron chi connectivity index (χ2n) is 6.31. The van der Waals surface area contributed by atoms with Crippen LogP contribution in [0.15, 0.2) is 65.6 Å². The summed E-state index contributed by atoms with van der Waals surface area (Å²) in [5.74, 6) is -0.622. The van der Waals surface area contributed by atoms with Crippen LogP contribution in [0.4, 0.5) is 5.00 Å². The van der Waals surface area contributed by atoms with Crippen LogP contribution in [0.1, 0.15) is 22.8 Å². The summed E-state index contributed by atoms with van der Waals surface area (Å²) < 4.78 is 10.5. The number of hydrogen-bond donors (Lipinski definition) is 1. The van der Waals surface area contributed by atoms with Gasteiger partial charge in [-0.15, -0.1) is 11.3 Å². The molecule has 0 aliphatic rings. The Morgan fingerprint density at radius 2 is 1.84 bits per heavy atom. The van der Waals surface area contributed by atoms with Gasteiger partial charge in [0.15, 0.2) is 0 Å². The lowest BCUT2D eigenvalue weighted by atomic mass is 10.0. The standard InChI is InChI=1S/C24H20N2O4S/c1-3-30-24(28)21-19(16-9-5-4-6-10-16)15-31-23(21)26-22(27)18(14-25)13-17-11-7-8-12-20(17)29-2/h4-13,15H,3H2,1-2H3,(H,26,27)/b18-13-. The van der Waals surface area contributed by atoms with E-state index in [0.717, 1.165) is 5.56 Å². The summed E-state index contributed by atoms with van der Waals surface area (Å²) in [6.45, 7) is 1.92. The Hall–Kier alpha value is -3.89. The molecule has 1 N–H and O–H groups in total. The largest absolute Gasteiger partial charge is 0.496 e. The third kappa shape index (κ3) is 5.00. The highest BCUT2D eigenvalue weighted by Crippen LogP contribution is 2.36. The highest BCUT2D eigenvalue weighted by Gasteiger charge is 2.23. The fraction of sp³-hybridized carbons (Fsp3) is 0.125. The van der Waals surface area contributed by atoms with Crippen molar-refractivity contribution >= 4 is 34.3 Å². The van der Waals surface area contributed by atoms with Gasteiger partial charge < -0.3 is 14.8 Å². The summed E-state index contributed by atoms with van der Waals surface area (Å²) in [6.07, 6.45) is 1.45. The molecule has 1 amide bonds. The quantitative estimate of drug-likeness (QED) is 0.317. The average molecular weight is 433 g/mol. The number of nitrogens with zero attached hydrogens (tertiary/aromatic N) is 1. The zero-order chi connectivity index (χ0) is 22.2. The molecule has 0 aliphatic carbocycles. The van der Waals surface area contributed by atoms with Crippen molar-refractivity contribution in [1.82, 2.24) is 0 Å². The van der Waals surface area contributed by atoms with Crippen molar-refractivity contribution in [3.05, 3.63) is 76.7 Å². The van der Waals surface area contributed by atoms with Crippen molar-refractivity contribution in [1.29, 1.82) is 5.26 Å². The molecule has 3 rings (SSSR count). The zero-order valence-electron chi connectivity index (χ0n) is 17.0. The van der Waals surface area contributed by atoms with E-state index in [4.69, 9.17) is 9.47 Å². The van der Waals surface area contributed by atoms with Crippen LogP contribution in [0.2, 0.25) is 0 Å². The molecular formula is C24H20N2O4S. The first-order valence-corrected chi connectivity index (χ1v) is 10.4. The van der Waals surface area contributed by atoms with E-state index < -0.39 is 11.9 Å². The van der Waals surface area contributed by atoms with Crippen LogP contribution in [0.25, 0.3) is 17.2 Å². The van der Waals surface area contributed by atoms with Gasteiger partial charge in [0, 0.05) is 16.5 Å². The van der Waals surface area contributed by atoms with Crippen molar-refractivity contribution in [2.45, 2.75) is 6.92 Å². The molecule has 31 heavy (non-hydrogen) atoms. The minimum absolute atomic E-state index is 0.117. The molecule has 7 heteroatoms. The minimum atomic E-state index is -0.625. The van der Waals surface area contributed by atoms with Gasteiger partial charge in [0.25, 0.3) is 5.91 Å². The van der Waals surface area contributed by atoms with Gasteiger partial charge in [-0.2, -0.15) is 5.26 Å². The van der Waals surface area contributed by atoms with E-state index in [1.165, 1.54) is 24.5 Å². The van der Waals surface area contributed by atoms with Gasteiger partial charge in [-0.05, 0) is 24.6 Å². The second-order valence-corrected chi connectivity index (χ2v) is 7.19. The summed E-state index contributed by atoms with van der Waals surface area (Å²) in [7, 11) is 1.52. The highest BCUT2D eigenvalue weighted by atomic mass is 32.1. The fourth-order valence-electron chi connectivity index (χ4n) is 2.95. The number of para-hydroxylation sites is 1. The van der Waals surface area contributed by atoms with Gasteiger partial charge in [-0.3, -0.25) is 4.79 Å². The van der Waals surface area contributed by atoms with Crippen molar-refractivity contribution < 1.29 is 19.1 Å². The van der Waals surface area contributed by atoms with Crippen LogP contribution in [0.3, 0.4) is 0 Å². The molecule has 1 aromatic heterocycles. The first-order chi connectivity index (χ1) is 15.1. The Bertz CT molecular complexity index is 1160. The summed E-state index contributed by atoms with van der Waals surface area (Å²) >= 11 is 1.20. The number of esters is 1. The highest BCUT2D eigenvalue weighted by molar-refractivity contribution is 7.15. The molecule has 0 radical (unpaired) electrons. The number of benzene rings is 2. The maximum Gasteiger partial charge on any atom is 0.341 e. The Morgan fingerprint density at radius 3 is 2.52 bits per heavy atom. The van der Waals surface area contributed by atoms with Crippen LogP contribution in [0.5, 0.6) is 5.75 Å². The summed E-state index contributed by atoms with van der Waals surface area (Å²) in [6, 6.07) is 18.3. The first kappa shape index (κ1) is 21.8. The number of anilines is 1. The molecule has 156 valence electrons. The predicted octanol–water partition coefficient (Wildman–Crippen LogP) is 5.15. The molecule has 0 aliphatic heterocycles. The van der Waals surface area contributed by atoms with Crippen molar-refractivity contribution in [3.63, 3.8) is 0 Å². The van der Waals surface area contributed by atoms with Crippen LogP contribution in [0, 0.1) is 11.3 Å². The van der Waals surface area contributed by atoms with Crippen molar-refractivity contribution in [3.8, 4) is 22.9 Å². The number of hydrogen-bond acceptors (Lipinski definition) is 6. The molecule has 0 unspecified atom stereocenters. The number of methoxy groups -OCH3 is 1. The lowest BCUT2D eigenvalue weighted by Crippen LogP contribution is -2.16. The predicted molar refractivity (Wildman–Crippen MR) is 121 cm³/mol. The normalized spacial score (nSPS) is 10.8. The van der Waals surface area contributed by atoms with Gasteiger partial charge in [0.05, 0.1) is 13.7 Å². The topological polar surface area (TPSA) is 88.4 Å². The maximum absolute atomic E-state index is 12.8. The molecule has 0 saturated carbocycles. The van der Waals surface area contributed by atoms with Gasteiger partial charge >= 0.3 is 5.97 Å². The zero-order valence-corrected chi connectivity index (χ0v) is 17.9. The molecule has 0 saturated heterocycles. The lowest BCUT2D eigenvalue weighted by molar-refractivity contribution is -0.112. The van der Waals surface area contributed by atoms with E-state index in [1.807, 2.05) is 36.4 Å². The van der Waals surface area contributed by atoms with Crippen molar-refractivity contribution in [2.24, 2.45) is 0 Å². The van der Waals surface area contributed by atoms with Crippen LogP contribution < -0.4 is 10.1 Å². The molecule has 6 nitrogen and oxygen atoms in total. The van der Waals surface area contributed by atoms with E-state index in [0.29, 0.717) is 21.9 Å². The average Bonchev–Trinajstić information content (AvgIpc) is 3.21. The Morgan fingerprint density at radius 1 is 1.13 bits per heavy atom. The van der Waals surface area contributed by atoms with E-state index in [2.05, 4.69) is 5.32 Å². The number of amides is 1. The Labute approximate surface area is 184 Å². The van der Waals surface area contributed by atoms with Crippen LogP contribution in [-0.4, -0.2) is 25.6 Å². The van der Waals surface area contributed by atoms with E-state index in [-0.39, 0.29) is 17.7 Å². The van der Waals surface area contributed by atoms with E-state index in [9.17, 15) is 14.9 Å². The first-order valence-electron chi connectivity index (χ1n) is 9.49. The third-order valence-corrected chi connectivity index (χ3v) is 5.28. The monoisotopic (exact) mass is 432 g/mol. The molecule has 0 atom stereocenters. The molecule has 0 bridgehead atoms. The number of nitrogens with one attached hydrogen (secondary N) is 1. The molecule has 3 aromatic rings. The number of carbonyl (C=O) groups is 2. The van der Waals surface area contributed by atoms with Gasteiger partial charge in [-0.25, -0.2) is 4.79 Å². The summed E-state index contributed by atoms with van der Waals surface area (Å²) in [4.78, 5) is 25.5. The van der Waals surface area contributed by atoms with E-state index in [1.54, 1.807) is 36.6 Å². The molecule has 2 aromatic carbocycles. The number of carbonyl (C=O) groups excluding carboxylic acids is 2. The van der Waals surface area contributed by atoms with Crippen LogP contribution >= 0.6 is 11.3 Å². The van der Waals surface area contributed by atoms with E-state index >= 15 is 0 Å². The number of rotatable bonds is 7. The Kier molecular flexibility index (Phi) is 7.20. The number of ether oxygens (including phenoxy) is 2. The van der Waals surface area contributed by atoms with Crippen molar-refractivity contribution in [2.75, 3.05) is 19.0 Å². The summed E-state index contributed by atoms with van der Waals surface area (Å²) in [5.41, 5.74) is 2.23. The maximum atomic E-state index is 12.8. The molecule has 0 fully saturated rings. The van der Waals surface area contributed by atoms with Gasteiger partial charge in [0.1, 0.15) is 28.0 Å². The SMILES string of the molecule is CCOC(=O)c1c(-c2ccccc2)csc1NC(=O)/C(C#N)=C\c1ccccc1OC. The van der Waals surface area contributed by atoms with Gasteiger partial charge in [-0.1, -0.05) is 48.5 Å². The summed E-state index contributed by atoms with van der Waals surface area (Å²) in [5, 5.41) is 14.3. The lowest BCUT2D eigenvalue weighted by Gasteiger charge is -2.09. The third-order valence-electron chi connectivity index (χ3n) is 4.39. The van der Waals surface area contributed by atoms with Crippen LogP contribution in [-0.2, 0) is 9.53 Å². The Balaban J connectivity index is 1.97. The minimum Gasteiger partial charge on any atom is -0.496 e. The molecular weight excluding hydrogens is 412 g/mol. The number of nitriles is 1. The molecule has 1 heterocycles.